The van der Waals surface area contributed by atoms with Gasteiger partial charge in [-0.25, -0.2) is 9.69 Å². The van der Waals surface area contributed by atoms with Crippen molar-refractivity contribution in [3.63, 3.8) is 0 Å². The van der Waals surface area contributed by atoms with Gasteiger partial charge >= 0.3 is 5.97 Å². The molecule has 7 heteroatoms. The molecule has 1 atom stereocenters. The Morgan fingerprint density at radius 2 is 1.73 bits per heavy atom. The van der Waals surface area contributed by atoms with Crippen LogP contribution in [0.2, 0.25) is 0 Å². The smallest absolute Gasteiger partial charge is 0.338 e. The molecule has 0 aliphatic carbocycles. The number of carbonyl (C=O) groups is 3. The Hall–Kier alpha value is -3.06. The Kier molecular flexibility index (Phi) is 5.90. The number of likely N-dealkylation sites (tertiary alicyclic amines) is 1. The van der Waals surface area contributed by atoms with Crippen LogP contribution in [0.15, 0.2) is 48.8 Å². The second kappa shape index (κ2) is 8.75. The molecule has 1 aromatic heterocycles. The van der Waals surface area contributed by atoms with Gasteiger partial charge in [0.05, 0.1) is 30.3 Å². The van der Waals surface area contributed by atoms with E-state index in [2.05, 4.69) is 9.88 Å². The SMILES string of the molecule is CCOC(=O)c1ccc(N2C(=O)CC(N3CCC(c4ccncc4)CC3)C2=O)cc1. The summed E-state index contributed by atoms with van der Waals surface area (Å²) in [5.41, 5.74) is 2.17. The van der Waals surface area contributed by atoms with Crippen molar-refractivity contribution in [1.29, 1.82) is 0 Å². The molecule has 0 N–H and O–H groups in total. The van der Waals surface area contributed by atoms with Gasteiger partial charge in [0.25, 0.3) is 5.91 Å². The molecule has 1 aromatic carbocycles. The fourth-order valence-corrected chi connectivity index (χ4v) is 4.31. The molecule has 2 saturated heterocycles. The summed E-state index contributed by atoms with van der Waals surface area (Å²) >= 11 is 0. The predicted octanol–water partition coefficient (Wildman–Crippen LogP) is 2.77. The highest BCUT2D eigenvalue weighted by Crippen LogP contribution is 2.32. The van der Waals surface area contributed by atoms with Gasteiger partial charge < -0.3 is 4.74 Å². The number of rotatable bonds is 5. The number of pyridine rings is 1. The number of anilines is 1. The second-order valence-corrected chi connectivity index (χ2v) is 7.65. The Labute approximate surface area is 175 Å². The third-order valence-corrected chi connectivity index (χ3v) is 5.91. The molecule has 0 radical (unpaired) electrons. The zero-order valence-corrected chi connectivity index (χ0v) is 17.0. The summed E-state index contributed by atoms with van der Waals surface area (Å²) in [4.78, 5) is 44.9. The van der Waals surface area contributed by atoms with E-state index in [0.29, 0.717) is 23.8 Å². The molecule has 0 saturated carbocycles. The van der Waals surface area contributed by atoms with Gasteiger partial charge in [-0.1, -0.05) is 0 Å². The maximum atomic E-state index is 13.1. The molecule has 2 aliphatic rings. The van der Waals surface area contributed by atoms with Crippen LogP contribution in [0.3, 0.4) is 0 Å². The molecule has 3 heterocycles. The van der Waals surface area contributed by atoms with E-state index in [4.69, 9.17) is 4.74 Å². The summed E-state index contributed by atoms with van der Waals surface area (Å²) in [6.45, 7) is 3.61. The molecular weight excluding hydrogens is 382 g/mol. The number of hydrogen-bond acceptors (Lipinski definition) is 6. The number of carbonyl (C=O) groups excluding carboxylic acids is 3. The van der Waals surface area contributed by atoms with Gasteiger partial charge in [0.1, 0.15) is 0 Å². The number of amides is 2. The van der Waals surface area contributed by atoms with Crippen molar-refractivity contribution in [2.24, 2.45) is 0 Å². The average Bonchev–Trinajstić information content (AvgIpc) is 3.08. The van der Waals surface area contributed by atoms with Crippen molar-refractivity contribution >= 4 is 23.5 Å². The summed E-state index contributed by atoms with van der Waals surface area (Å²) in [6.07, 6.45) is 5.72. The summed E-state index contributed by atoms with van der Waals surface area (Å²) in [7, 11) is 0. The highest BCUT2D eigenvalue weighted by Gasteiger charge is 2.43. The average molecular weight is 407 g/mol. The van der Waals surface area contributed by atoms with Crippen LogP contribution in [0.5, 0.6) is 0 Å². The maximum Gasteiger partial charge on any atom is 0.338 e. The first-order valence-electron chi connectivity index (χ1n) is 10.4. The van der Waals surface area contributed by atoms with Gasteiger partial charge in [-0.3, -0.25) is 19.5 Å². The molecule has 4 rings (SSSR count). The largest absolute Gasteiger partial charge is 0.462 e. The highest BCUT2D eigenvalue weighted by atomic mass is 16.5. The first-order valence-corrected chi connectivity index (χ1v) is 10.4. The summed E-state index contributed by atoms with van der Waals surface area (Å²) < 4.78 is 4.98. The Bertz CT molecular complexity index is 921. The molecule has 2 amide bonds. The van der Waals surface area contributed by atoms with Crippen LogP contribution in [-0.2, 0) is 14.3 Å². The van der Waals surface area contributed by atoms with E-state index in [-0.39, 0.29) is 18.2 Å². The first-order chi connectivity index (χ1) is 14.6. The number of hydrogen-bond donors (Lipinski definition) is 0. The van der Waals surface area contributed by atoms with Gasteiger partial charge in [-0.05, 0) is 80.7 Å². The van der Waals surface area contributed by atoms with Crippen molar-refractivity contribution < 1.29 is 19.1 Å². The molecule has 2 aliphatic heterocycles. The van der Waals surface area contributed by atoms with Crippen LogP contribution in [0, 0.1) is 0 Å². The molecule has 1 unspecified atom stereocenters. The van der Waals surface area contributed by atoms with Gasteiger partial charge in [-0.15, -0.1) is 0 Å². The lowest BCUT2D eigenvalue weighted by atomic mass is 9.89. The molecule has 30 heavy (non-hydrogen) atoms. The number of piperidine rings is 1. The maximum absolute atomic E-state index is 13.1. The van der Waals surface area contributed by atoms with Gasteiger partial charge in [0.15, 0.2) is 0 Å². The fourth-order valence-electron chi connectivity index (χ4n) is 4.31. The third-order valence-electron chi connectivity index (χ3n) is 5.91. The van der Waals surface area contributed by atoms with E-state index in [1.807, 2.05) is 24.5 Å². The van der Waals surface area contributed by atoms with E-state index in [1.54, 1.807) is 31.2 Å². The Balaban J connectivity index is 1.41. The van der Waals surface area contributed by atoms with E-state index < -0.39 is 12.0 Å². The topological polar surface area (TPSA) is 79.8 Å². The summed E-state index contributed by atoms with van der Waals surface area (Å²) in [5, 5.41) is 0. The first kappa shape index (κ1) is 20.2. The van der Waals surface area contributed by atoms with E-state index in [9.17, 15) is 14.4 Å². The summed E-state index contributed by atoms with van der Waals surface area (Å²) in [6, 6.07) is 10.1. The van der Waals surface area contributed by atoms with Gasteiger partial charge in [-0.2, -0.15) is 0 Å². The predicted molar refractivity (Wildman–Crippen MR) is 111 cm³/mol. The zero-order valence-electron chi connectivity index (χ0n) is 17.0. The van der Waals surface area contributed by atoms with E-state index in [1.165, 1.54) is 10.5 Å². The van der Waals surface area contributed by atoms with Crippen molar-refractivity contribution in [3.8, 4) is 0 Å². The zero-order chi connectivity index (χ0) is 21.1. The van der Waals surface area contributed by atoms with E-state index >= 15 is 0 Å². The van der Waals surface area contributed by atoms with E-state index in [0.717, 1.165) is 25.9 Å². The number of ether oxygens (including phenoxy) is 1. The minimum atomic E-state index is -0.418. The van der Waals surface area contributed by atoms with Crippen molar-refractivity contribution in [3.05, 3.63) is 59.9 Å². The molecule has 156 valence electrons. The molecular formula is C23H25N3O4. The minimum absolute atomic E-state index is 0.189. The lowest BCUT2D eigenvalue weighted by Gasteiger charge is -2.34. The lowest BCUT2D eigenvalue weighted by Crippen LogP contribution is -2.45. The number of benzene rings is 1. The van der Waals surface area contributed by atoms with Crippen LogP contribution in [-0.4, -0.2) is 53.4 Å². The van der Waals surface area contributed by atoms with Crippen LogP contribution in [0.1, 0.15) is 48.0 Å². The standard InChI is InChI=1S/C23H25N3O4/c1-2-30-23(29)18-3-5-19(6-4-18)26-21(27)15-20(22(26)28)25-13-9-17(10-14-25)16-7-11-24-12-8-16/h3-8,11-12,17,20H,2,9-10,13-15H2,1H3. The molecule has 0 bridgehead atoms. The molecule has 7 nitrogen and oxygen atoms in total. The number of nitrogens with zero attached hydrogens (tertiary/aromatic N) is 3. The van der Waals surface area contributed by atoms with Gasteiger partial charge in [0.2, 0.25) is 5.91 Å². The fraction of sp³-hybridized carbons (Fsp3) is 0.391. The van der Waals surface area contributed by atoms with Crippen molar-refractivity contribution in [1.82, 2.24) is 9.88 Å². The number of aromatic nitrogens is 1. The van der Waals surface area contributed by atoms with Crippen LogP contribution < -0.4 is 4.90 Å². The number of imide groups is 1. The Morgan fingerprint density at radius 3 is 2.37 bits per heavy atom. The van der Waals surface area contributed by atoms with Gasteiger partial charge in [0, 0.05) is 12.4 Å². The minimum Gasteiger partial charge on any atom is -0.462 e. The third kappa shape index (κ3) is 3.98. The monoisotopic (exact) mass is 407 g/mol. The molecule has 2 fully saturated rings. The molecule has 2 aromatic rings. The molecule has 0 spiro atoms. The lowest BCUT2D eigenvalue weighted by molar-refractivity contribution is -0.123. The highest BCUT2D eigenvalue weighted by molar-refractivity contribution is 6.22. The van der Waals surface area contributed by atoms with Crippen molar-refractivity contribution in [2.75, 3.05) is 24.6 Å². The second-order valence-electron chi connectivity index (χ2n) is 7.65. The number of esters is 1. The van der Waals surface area contributed by atoms with Crippen LogP contribution in [0.4, 0.5) is 5.69 Å². The quantitative estimate of drug-likeness (QED) is 0.560. The Morgan fingerprint density at radius 1 is 1.07 bits per heavy atom. The van der Waals surface area contributed by atoms with Crippen molar-refractivity contribution in [2.45, 2.75) is 38.1 Å². The normalized spacial score (nSPS) is 20.6. The van der Waals surface area contributed by atoms with Crippen LogP contribution >= 0.6 is 0 Å². The summed E-state index contributed by atoms with van der Waals surface area (Å²) in [5.74, 6) is -0.350. The van der Waals surface area contributed by atoms with Crippen LogP contribution in [0.25, 0.3) is 0 Å².